The Hall–Kier alpha value is -1.42. The van der Waals surface area contributed by atoms with Crippen molar-refractivity contribution in [2.45, 2.75) is 39.3 Å². The van der Waals surface area contributed by atoms with E-state index in [1.54, 1.807) is 13.0 Å². The second-order valence-corrected chi connectivity index (χ2v) is 5.53. The molecule has 1 aromatic carbocycles. The fourth-order valence-corrected chi connectivity index (χ4v) is 2.71. The van der Waals surface area contributed by atoms with Crippen LogP contribution in [0.25, 0.3) is 0 Å². The summed E-state index contributed by atoms with van der Waals surface area (Å²) in [6.07, 6.45) is 1.04. The van der Waals surface area contributed by atoms with Gasteiger partial charge in [-0.3, -0.25) is 4.79 Å². The first-order chi connectivity index (χ1) is 8.97. The zero-order valence-electron chi connectivity index (χ0n) is 11.7. The summed E-state index contributed by atoms with van der Waals surface area (Å²) in [6, 6.07) is 4.74. The number of rotatable bonds is 2. The van der Waals surface area contributed by atoms with Gasteiger partial charge >= 0.3 is 0 Å². The summed E-state index contributed by atoms with van der Waals surface area (Å²) in [6.45, 7) is 6.97. The lowest BCUT2D eigenvalue weighted by atomic mass is 9.89. The molecule has 1 heterocycles. The molecule has 0 aromatic heterocycles. The van der Waals surface area contributed by atoms with Gasteiger partial charge in [0.05, 0.1) is 0 Å². The van der Waals surface area contributed by atoms with Gasteiger partial charge in [-0.2, -0.15) is 0 Å². The molecular weight excluding hydrogens is 243 g/mol. The van der Waals surface area contributed by atoms with Gasteiger partial charge in [0, 0.05) is 17.6 Å². The van der Waals surface area contributed by atoms with E-state index < -0.39 is 0 Å². The molecule has 1 aliphatic heterocycles. The zero-order chi connectivity index (χ0) is 14.0. The van der Waals surface area contributed by atoms with Crippen molar-refractivity contribution < 1.29 is 9.18 Å². The van der Waals surface area contributed by atoms with Gasteiger partial charge in [-0.05, 0) is 56.5 Å². The van der Waals surface area contributed by atoms with Crippen molar-refractivity contribution in [1.29, 1.82) is 0 Å². The fraction of sp³-hybridized carbons (Fsp3) is 0.533. The summed E-state index contributed by atoms with van der Waals surface area (Å²) in [5.74, 6) is -0.141. The molecule has 1 amide bonds. The Labute approximate surface area is 113 Å². The van der Waals surface area contributed by atoms with Crippen LogP contribution in [0.5, 0.6) is 0 Å². The number of halogens is 1. The molecule has 104 valence electrons. The summed E-state index contributed by atoms with van der Waals surface area (Å²) in [7, 11) is 0. The number of amides is 1. The van der Waals surface area contributed by atoms with E-state index in [-0.39, 0.29) is 23.8 Å². The van der Waals surface area contributed by atoms with Gasteiger partial charge in [-0.1, -0.05) is 6.92 Å². The third-order valence-electron chi connectivity index (χ3n) is 3.82. The minimum Gasteiger partial charge on any atom is -0.347 e. The topological polar surface area (TPSA) is 41.1 Å². The van der Waals surface area contributed by atoms with Gasteiger partial charge in [0.1, 0.15) is 5.82 Å². The van der Waals surface area contributed by atoms with Gasteiger partial charge in [0.2, 0.25) is 0 Å². The van der Waals surface area contributed by atoms with Crippen molar-refractivity contribution in [3.63, 3.8) is 0 Å². The molecule has 0 bridgehead atoms. The first-order valence-electron chi connectivity index (χ1n) is 6.79. The van der Waals surface area contributed by atoms with Crippen LogP contribution in [0.3, 0.4) is 0 Å². The van der Waals surface area contributed by atoms with Crippen molar-refractivity contribution >= 4 is 5.91 Å². The largest absolute Gasteiger partial charge is 0.347 e. The third kappa shape index (κ3) is 3.32. The highest BCUT2D eigenvalue weighted by Gasteiger charge is 2.28. The molecule has 3 nitrogen and oxygen atoms in total. The van der Waals surface area contributed by atoms with Crippen molar-refractivity contribution in [2.24, 2.45) is 5.92 Å². The second-order valence-electron chi connectivity index (χ2n) is 5.53. The number of piperidine rings is 1. The Morgan fingerprint density at radius 1 is 1.37 bits per heavy atom. The van der Waals surface area contributed by atoms with E-state index in [4.69, 9.17) is 0 Å². The summed E-state index contributed by atoms with van der Waals surface area (Å²) in [5.41, 5.74) is 1.15. The van der Waals surface area contributed by atoms with Crippen LogP contribution in [0.15, 0.2) is 18.2 Å². The normalized spacial score (nSPS) is 27.1. The predicted octanol–water partition coefficient (Wildman–Crippen LogP) is 2.25. The van der Waals surface area contributed by atoms with Gasteiger partial charge in [0.25, 0.3) is 5.91 Å². The molecule has 1 fully saturated rings. The van der Waals surface area contributed by atoms with E-state index in [0.29, 0.717) is 11.5 Å². The van der Waals surface area contributed by atoms with Crippen molar-refractivity contribution in [3.05, 3.63) is 35.1 Å². The quantitative estimate of drug-likeness (QED) is 0.860. The molecule has 2 N–H and O–H groups in total. The highest BCUT2D eigenvalue weighted by Crippen LogP contribution is 2.17. The van der Waals surface area contributed by atoms with Crippen molar-refractivity contribution in [2.75, 3.05) is 6.54 Å². The van der Waals surface area contributed by atoms with Crippen LogP contribution in [0, 0.1) is 18.7 Å². The number of hydrogen-bond donors (Lipinski definition) is 2. The first-order valence-corrected chi connectivity index (χ1v) is 6.79. The van der Waals surface area contributed by atoms with Gasteiger partial charge in [-0.25, -0.2) is 4.39 Å². The van der Waals surface area contributed by atoms with E-state index in [2.05, 4.69) is 24.5 Å². The smallest absolute Gasteiger partial charge is 0.251 e. The molecular formula is C15H21FN2O. The molecule has 1 aromatic rings. The molecule has 0 aliphatic carbocycles. The number of carbonyl (C=O) groups excluding carboxylic acids is 1. The maximum absolute atomic E-state index is 13.3. The Morgan fingerprint density at radius 3 is 2.74 bits per heavy atom. The van der Waals surface area contributed by atoms with Crippen molar-refractivity contribution in [3.8, 4) is 0 Å². The van der Waals surface area contributed by atoms with Crippen LogP contribution in [0.1, 0.15) is 36.2 Å². The standard InChI is InChI=1S/C15H21FN2O/c1-9-6-12(8-13(16)7-9)15(19)18-14-10(2)4-5-17-11(14)3/h6-8,10-11,14,17H,4-5H2,1-3H3,(H,18,19). The fourth-order valence-electron chi connectivity index (χ4n) is 2.71. The highest BCUT2D eigenvalue weighted by atomic mass is 19.1. The van der Waals surface area contributed by atoms with Crippen LogP contribution >= 0.6 is 0 Å². The molecule has 1 saturated heterocycles. The number of carbonyl (C=O) groups is 1. The average Bonchev–Trinajstić information content (AvgIpc) is 2.32. The van der Waals surface area contributed by atoms with Gasteiger partial charge < -0.3 is 10.6 Å². The van der Waals surface area contributed by atoms with Crippen LogP contribution in [0.4, 0.5) is 4.39 Å². The molecule has 1 aliphatic rings. The third-order valence-corrected chi connectivity index (χ3v) is 3.82. The molecule has 4 heteroatoms. The highest BCUT2D eigenvalue weighted by molar-refractivity contribution is 5.94. The summed E-state index contributed by atoms with van der Waals surface area (Å²) < 4.78 is 13.3. The molecule has 19 heavy (non-hydrogen) atoms. The summed E-state index contributed by atoms with van der Waals surface area (Å²) >= 11 is 0. The Balaban J connectivity index is 2.11. The molecule has 2 rings (SSSR count). The van der Waals surface area contributed by atoms with E-state index in [9.17, 15) is 9.18 Å². The maximum atomic E-state index is 13.3. The average molecular weight is 264 g/mol. The lowest BCUT2D eigenvalue weighted by Gasteiger charge is -2.36. The maximum Gasteiger partial charge on any atom is 0.251 e. The van der Waals surface area contributed by atoms with Crippen LogP contribution in [-0.4, -0.2) is 24.5 Å². The van der Waals surface area contributed by atoms with E-state index in [1.165, 1.54) is 12.1 Å². The van der Waals surface area contributed by atoms with Gasteiger partial charge in [0.15, 0.2) is 0 Å². The second kappa shape index (κ2) is 5.70. The van der Waals surface area contributed by atoms with Gasteiger partial charge in [-0.15, -0.1) is 0 Å². The molecule has 0 spiro atoms. The summed E-state index contributed by atoms with van der Waals surface area (Å²) in [4.78, 5) is 12.2. The predicted molar refractivity (Wildman–Crippen MR) is 73.6 cm³/mol. The number of nitrogens with one attached hydrogen (secondary N) is 2. The molecule has 3 unspecified atom stereocenters. The lowest BCUT2D eigenvalue weighted by molar-refractivity contribution is 0.0897. The number of aryl methyl sites for hydroxylation is 1. The Bertz CT molecular complexity index is 445. The summed E-state index contributed by atoms with van der Waals surface area (Å²) in [5, 5.41) is 6.37. The minimum absolute atomic E-state index is 0.0878. The van der Waals surface area contributed by atoms with Crippen molar-refractivity contribution in [1.82, 2.24) is 10.6 Å². The monoisotopic (exact) mass is 264 g/mol. The van der Waals surface area contributed by atoms with E-state index in [0.717, 1.165) is 18.5 Å². The SMILES string of the molecule is Cc1cc(F)cc(C(=O)NC2C(C)CCNC2C)c1. The molecule has 3 atom stereocenters. The number of hydrogen-bond acceptors (Lipinski definition) is 2. The molecule has 0 saturated carbocycles. The Kier molecular flexibility index (Phi) is 4.20. The first kappa shape index (κ1) is 14.0. The Morgan fingerprint density at radius 2 is 2.11 bits per heavy atom. The lowest BCUT2D eigenvalue weighted by Crippen LogP contribution is -2.55. The van der Waals surface area contributed by atoms with E-state index >= 15 is 0 Å². The van der Waals surface area contributed by atoms with E-state index in [1.807, 2.05) is 0 Å². The van der Waals surface area contributed by atoms with Crippen LogP contribution < -0.4 is 10.6 Å². The van der Waals surface area contributed by atoms with Crippen LogP contribution in [-0.2, 0) is 0 Å². The zero-order valence-corrected chi connectivity index (χ0v) is 11.7. The minimum atomic E-state index is -0.368. The van der Waals surface area contributed by atoms with Crippen LogP contribution in [0.2, 0.25) is 0 Å². The number of benzene rings is 1. The molecule has 0 radical (unpaired) electrons.